The maximum atomic E-state index is 13.3. The summed E-state index contributed by atoms with van der Waals surface area (Å²) in [5.41, 5.74) is 0.806. The predicted octanol–water partition coefficient (Wildman–Crippen LogP) is 2.81. The van der Waals surface area contributed by atoms with Gasteiger partial charge in [0, 0.05) is 7.11 Å². The number of thiol groups is 1. The van der Waals surface area contributed by atoms with E-state index in [9.17, 15) is 4.39 Å². The molecule has 0 amide bonds. The van der Waals surface area contributed by atoms with Gasteiger partial charge in [-0.1, -0.05) is 16.9 Å². The highest BCUT2D eigenvalue weighted by Crippen LogP contribution is 2.40. The van der Waals surface area contributed by atoms with Crippen LogP contribution in [0, 0.1) is 5.82 Å². The molecule has 14 heavy (non-hydrogen) atoms. The average Bonchev–Trinajstić information content (AvgIpc) is 2.96. The number of hydrogen-bond acceptors (Lipinski definition) is 4. The fourth-order valence-electron chi connectivity index (χ4n) is 1.28. The van der Waals surface area contributed by atoms with E-state index in [1.54, 1.807) is 13.2 Å². The number of halogens is 1. The molecule has 0 bridgehead atoms. The molecule has 1 fully saturated rings. The molecule has 1 aromatic carbocycles. The van der Waals surface area contributed by atoms with Crippen molar-refractivity contribution in [3.05, 3.63) is 29.6 Å². The van der Waals surface area contributed by atoms with Crippen molar-refractivity contribution in [1.82, 2.24) is 0 Å². The van der Waals surface area contributed by atoms with Gasteiger partial charge in [-0.05, 0) is 17.7 Å². The molecule has 0 aliphatic carbocycles. The predicted molar refractivity (Wildman–Crippen MR) is 55.9 cm³/mol. The minimum Gasteiger partial charge on any atom is -0.353 e. The van der Waals surface area contributed by atoms with Crippen molar-refractivity contribution in [2.24, 2.45) is 0 Å². The van der Waals surface area contributed by atoms with E-state index in [4.69, 9.17) is 9.47 Å². The van der Waals surface area contributed by atoms with E-state index in [0.717, 1.165) is 16.4 Å². The molecular weight excluding hydrogens is 223 g/mol. The third kappa shape index (κ3) is 1.91. The van der Waals surface area contributed by atoms with Crippen molar-refractivity contribution in [3.8, 4) is 0 Å². The van der Waals surface area contributed by atoms with Crippen LogP contribution in [0.1, 0.15) is 11.7 Å². The summed E-state index contributed by atoms with van der Waals surface area (Å²) in [4.78, 5) is 0.520. The first kappa shape index (κ1) is 10.3. The zero-order valence-electron chi connectivity index (χ0n) is 7.44. The number of rotatable bonds is 3. The molecule has 1 aliphatic heterocycles. The van der Waals surface area contributed by atoms with E-state index < -0.39 is 0 Å². The molecule has 2 nitrogen and oxygen atoms in total. The van der Waals surface area contributed by atoms with Gasteiger partial charge in [0.05, 0.1) is 4.90 Å². The van der Waals surface area contributed by atoms with Crippen LogP contribution < -0.4 is 0 Å². The Morgan fingerprint density at radius 3 is 2.86 bits per heavy atom. The van der Waals surface area contributed by atoms with Crippen molar-refractivity contribution < 1.29 is 13.9 Å². The maximum absolute atomic E-state index is 13.3. The van der Waals surface area contributed by atoms with Gasteiger partial charge in [0.1, 0.15) is 11.9 Å². The van der Waals surface area contributed by atoms with Gasteiger partial charge >= 0.3 is 0 Å². The summed E-state index contributed by atoms with van der Waals surface area (Å²) < 4.78 is 23.4. The summed E-state index contributed by atoms with van der Waals surface area (Å²) in [5, 5.41) is 0. The summed E-state index contributed by atoms with van der Waals surface area (Å²) in [6, 6.07) is 4.98. The molecule has 76 valence electrons. The summed E-state index contributed by atoms with van der Waals surface area (Å²) in [7, 11) is 2.66. The Balaban J connectivity index is 2.17. The molecule has 5 heteroatoms. The first-order chi connectivity index (χ1) is 6.76. The second-order valence-electron chi connectivity index (χ2n) is 2.94. The van der Waals surface area contributed by atoms with Crippen LogP contribution in [0.15, 0.2) is 23.1 Å². The molecule has 1 saturated heterocycles. The topological polar surface area (TPSA) is 21.8 Å². The van der Waals surface area contributed by atoms with E-state index in [1.165, 1.54) is 6.07 Å². The van der Waals surface area contributed by atoms with Crippen molar-refractivity contribution in [2.75, 3.05) is 7.11 Å². The minimum absolute atomic E-state index is 0.117. The lowest BCUT2D eigenvalue weighted by molar-refractivity contribution is 0.0950. The maximum Gasteiger partial charge on any atom is 0.188 e. The molecule has 0 radical (unpaired) electrons. The van der Waals surface area contributed by atoms with Crippen LogP contribution >= 0.6 is 22.5 Å². The molecule has 1 aliphatic rings. The van der Waals surface area contributed by atoms with Gasteiger partial charge < -0.3 is 9.47 Å². The highest BCUT2D eigenvalue weighted by atomic mass is 33.1. The Kier molecular flexibility index (Phi) is 3.02. The van der Waals surface area contributed by atoms with Crippen molar-refractivity contribution in [2.45, 2.75) is 17.3 Å². The van der Waals surface area contributed by atoms with Crippen LogP contribution in [0.3, 0.4) is 0 Å². The number of hydrogen-bond donors (Lipinski definition) is 1. The summed E-state index contributed by atoms with van der Waals surface area (Å²) in [5.74, 6) is -0.271. The number of methoxy groups -OCH3 is 1. The average molecular weight is 232 g/mol. The standard InChI is InChI=1S/C9H9FO2S2/c1-11-9-8(12-9)5-2-3-7(14-13)6(10)4-5/h2-4,8-9,13H,1H3. The fourth-order valence-corrected chi connectivity index (χ4v) is 2.00. The lowest BCUT2D eigenvalue weighted by Crippen LogP contribution is -1.92. The first-order valence-electron chi connectivity index (χ1n) is 4.05. The van der Waals surface area contributed by atoms with Gasteiger partial charge in [0.15, 0.2) is 6.29 Å². The number of benzene rings is 1. The number of ether oxygens (including phenoxy) is 2. The van der Waals surface area contributed by atoms with Crippen molar-refractivity contribution >= 4 is 22.5 Å². The fraction of sp³-hybridized carbons (Fsp3) is 0.333. The van der Waals surface area contributed by atoms with Crippen molar-refractivity contribution in [1.29, 1.82) is 0 Å². The van der Waals surface area contributed by atoms with E-state index in [2.05, 4.69) is 11.7 Å². The van der Waals surface area contributed by atoms with E-state index in [0.29, 0.717) is 4.90 Å². The van der Waals surface area contributed by atoms with E-state index in [1.807, 2.05) is 6.07 Å². The molecule has 2 rings (SSSR count). The highest BCUT2D eigenvalue weighted by molar-refractivity contribution is 8.68. The first-order valence-corrected chi connectivity index (χ1v) is 5.92. The third-order valence-corrected chi connectivity index (χ3v) is 3.18. The summed E-state index contributed by atoms with van der Waals surface area (Å²) >= 11 is 3.94. The summed E-state index contributed by atoms with van der Waals surface area (Å²) in [6.07, 6.45) is -0.336. The van der Waals surface area contributed by atoms with Gasteiger partial charge in [0.25, 0.3) is 0 Å². The summed E-state index contributed by atoms with van der Waals surface area (Å²) in [6.45, 7) is 0. The molecule has 1 heterocycles. The molecular formula is C9H9FO2S2. The quantitative estimate of drug-likeness (QED) is 0.492. The molecule has 0 spiro atoms. The zero-order chi connectivity index (χ0) is 10.1. The number of epoxide rings is 1. The molecule has 1 aromatic rings. The third-order valence-electron chi connectivity index (χ3n) is 2.07. The molecule has 2 unspecified atom stereocenters. The second-order valence-corrected chi connectivity index (χ2v) is 4.11. The molecule has 0 N–H and O–H groups in total. The van der Waals surface area contributed by atoms with E-state index >= 15 is 0 Å². The SMILES string of the molecule is COC1OC1c1ccc(SS)c(F)c1. The van der Waals surface area contributed by atoms with Gasteiger partial charge in [-0.15, -0.1) is 11.7 Å². The Labute approximate surface area is 90.6 Å². The Morgan fingerprint density at radius 1 is 1.57 bits per heavy atom. The van der Waals surface area contributed by atoms with Crippen LogP contribution in [0.4, 0.5) is 4.39 Å². The van der Waals surface area contributed by atoms with Crippen LogP contribution in [0.5, 0.6) is 0 Å². The Bertz CT molecular complexity index is 346. The van der Waals surface area contributed by atoms with Crippen LogP contribution in [-0.2, 0) is 9.47 Å². The highest BCUT2D eigenvalue weighted by Gasteiger charge is 2.40. The minimum atomic E-state index is -0.271. The van der Waals surface area contributed by atoms with Gasteiger partial charge in [-0.25, -0.2) is 4.39 Å². The monoisotopic (exact) mass is 232 g/mol. The lowest BCUT2D eigenvalue weighted by atomic mass is 10.1. The molecule has 0 aromatic heterocycles. The second kappa shape index (κ2) is 4.10. The van der Waals surface area contributed by atoms with Crippen LogP contribution in [0.2, 0.25) is 0 Å². The van der Waals surface area contributed by atoms with Crippen molar-refractivity contribution in [3.63, 3.8) is 0 Å². The van der Waals surface area contributed by atoms with Gasteiger partial charge in [-0.3, -0.25) is 0 Å². The zero-order valence-corrected chi connectivity index (χ0v) is 9.15. The van der Waals surface area contributed by atoms with Gasteiger partial charge in [0.2, 0.25) is 0 Å². The lowest BCUT2D eigenvalue weighted by Gasteiger charge is -2.00. The largest absolute Gasteiger partial charge is 0.353 e. The van der Waals surface area contributed by atoms with Crippen LogP contribution in [-0.4, -0.2) is 13.4 Å². The van der Waals surface area contributed by atoms with Gasteiger partial charge in [-0.2, -0.15) is 0 Å². The van der Waals surface area contributed by atoms with E-state index in [-0.39, 0.29) is 18.2 Å². The normalized spacial score (nSPS) is 25.1. The van der Waals surface area contributed by atoms with Crippen LogP contribution in [0.25, 0.3) is 0 Å². The smallest absolute Gasteiger partial charge is 0.188 e. The Hall–Kier alpha value is -0.230. The molecule has 2 atom stereocenters. The Morgan fingerprint density at radius 2 is 2.36 bits per heavy atom. The molecule has 0 saturated carbocycles.